The molecule has 0 saturated heterocycles. The summed E-state index contributed by atoms with van der Waals surface area (Å²) >= 11 is 0. The summed E-state index contributed by atoms with van der Waals surface area (Å²) in [5.74, 6) is -0.407. The summed E-state index contributed by atoms with van der Waals surface area (Å²) < 4.78 is 26.3. The van der Waals surface area contributed by atoms with E-state index < -0.39 is 39.1 Å². The molecule has 0 aromatic rings. The van der Waals surface area contributed by atoms with Crippen LogP contribution >= 0.6 is 7.82 Å². The fraction of sp³-hybridized carbons (Fsp3) is 0.766. The molecular weight excluding hydrogens is 739 g/mol. The van der Waals surface area contributed by atoms with Gasteiger partial charge in [0.1, 0.15) is 6.61 Å². The first kappa shape index (κ1) is 54.7. The molecule has 0 heterocycles. The van der Waals surface area contributed by atoms with E-state index in [1.165, 1.54) is 122 Å². The molecule has 0 amide bonds. The van der Waals surface area contributed by atoms with Crippen LogP contribution < -0.4 is 0 Å². The van der Waals surface area contributed by atoms with E-state index in [-0.39, 0.29) is 31.5 Å². The van der Waals surface area contributed by atoms with Crippen LogP contribution in [0.15, 0.2) is 48.6 Å². The summed E-state index contributed by atoms with van der Waals surface area (Å²) in [5, 5.41) is 0. The van der Waals surface area contributed by atoms with E-state index in [4.69, 9.17) is 19.3 Å². The van der Waals surface area contributed by atoms with Crippen molar-refractivity contribution in [2.24, 2.45) is 5.92 Å². The van der Waals surface area contributed by atoms with Crippen molar-refractivity contribution in [3.05, 3.63) is 48.6 Å². The lowest BCUT2D eigenvalue weighted by Gasteiger charge is -2.18. The highest BCUT2D eigenvalue weighted by Crippen LogP contribution is 2.36. The van der Waals surface area contributed by atoms with Gasteiger partial charge < -0.3 is 19.3 Å². The number of carbonyl (C=O) groups is 3. The second kappa shape index (κ2) is 40.5. The third kappa shape index (κ3) is 44.6. The van der Waals surface area contributed by atoms with Crippen molar-refractivity contribution >= 4 is 25.5 Å². The summed E-state index contributed by atoms with van der Waals surface area (Å²) in [4.78, 5) is 55.0. The summed E-state index contributed by atoms with van der Waals surface area (Å²) in [6.07, 6.45) is 45.6. The second-order valence-corrected chi connectivity index (χ2v) is 17.1. The number of ketones is 1. The van der Waals surface area contributed by atoms with Crippen LogP contribution in [0.5, 0.6) is 0 Å². The Bertz CT molecular complexity index is 1140. The van der Waals surface area contributed by atoms with Gasteiger partial charge in [-0.05, 0) is 50.5 Å². The van der Waals surface area contributed by atoms with Crippen molar-refractivity contribution in [2.75, 3.05) is 13.2 Å². The molecule has 2 N–H and O–H groups in total. The highest BCUT2D eigenvalue weighted by atomic mass is 31.2. The molecule has 1 atom stereocenters. The maximum Gasteiger partial charge on any atom is 0.469 e. The zero-order valence-electron chi connectivity index (χ0n) is 36.4. The number of ether oxygens (including phenoxy) is 2. The van der Waals surface area contributed by atoms with Crippen molar-refractivity contribution in [2.45, 2.75) is 213 Å². The van der Waals surface area contributed by atoms with E-state index in [2.05, 4.69) is 49.6 Å². The molecule has 0 aliphatic heterocycles. The maximum atomic E-state index is 12.4. The molecule has 0 fully saturated rings. The average molecular weight is 823 g/mol. The number of phosphoric ester groups is 1. The normalized spacial score (nSPS) is 12.9. The van der Waals surface area contributed by atoms with E-state index in [1.807, 2.05) is 12.2 Å². The van der Waals surface area contributed by atoms with Gasteiger partial charge in [-0.1, -0.05) is 192 Å². The minimum atomic E-state index is -4.81. The topological polar surface area (TPSA) is 136 Å². The van der Waals surface area contributed by atoms with Crippen LogP contribution in [0.4, 0.5) is 0 Å². The van der Waals surface area contributed by atoms with Gasteiger partial charge in [-0.15, -0.1) is 0 Å². The van der Waals surface area contributed by atoms with Crippen molar-refractivity contribution in [3.63, 3.8) is 0 Å². The summed E-state index contributed by atoms with van der Waals surface area (Å²) in [7, 11) is -4.81. The van der Waals surface area contributed by atoms with Crippen LogP contribution in [-0.4, -0.2) is 46.8 Å². The van der Waals surface area contributed by atoms with Crippen LogP contribution in [0.1, 0.15) is 207 Å². The lowest BCUT2D eigenvalue weighted by Crippen LogP contribution is -2.29. The Morgan fingerprint density at radius 2 is 1.07 bits per heavy atom. The molecule has 9 nitrogen and oxygen atoms in total. The minimum Gasteiger partial charge on any atom is -0.462 e. The van der Waals surface area contributed by atoms with Gasteiger partial charge in [0.15, 0.2) is 11.9 Å². The van der Waals surface area contributed by atoms with Gasteiger partial charge in [0.2, 0.25) is 0 Å². The van der Waals surface area contributed by atoms with Crippen LogP contribution in [0.2, 0.25) is 0 Å². The first-order chi connectivity index (χ1) is 27.5. The molecule has 0 aromatic carbocycles. The zero-order chi connectivity index (χ0) is 42.1. The van der Waals surface area contributed by atoms with Crippen LogP contribution in [0, 0.1) is 5.92 Å². The molecule has 10 heteroatoms. The molecule has 0 aliphatic rings. The van der Waals surface area contributed by atoms with Crippen molar-refractivity contribution < 1.29 is 42.7 Å². The molecule has 0 bridgehead atoms. The average Bonchev–Trinajstić information content (AvgIpc) is 3.16. The van der Waals surface area contributed by atoms with Gasteiger partial charge in [0.05, 0.1) is 6.61 Å². The predicted octanol–water partition coefficient (Wildman–Crippen LogP) is 13.3. The van der Waals surface area contributed by atoms with Gasteiger partial charge in [-0.2, -0.15) is 0 Å². The molecular formula is C47H83O9P. The Labute approximate surface area is 348 Å². The number of esters is 2. The van der Waals surface area contributed by atoms with E-state index >= 15 is 0 Å². The molecule has 0 radical (unpaired) electrons. The largest absolute Gasteiger partial charge is 0.469 e. The van der Waals surface area contributed by atoms with E-state index in [0.717, 1.165) is 44.4 Å². The highest BCUT2D eigenvalue weighted by molar-refractivity contribution is 7.46. The first-order valence-corrected chi connectivity index (χ1v) is 24.3. The molecule has 0 unspecified atom stereocenters. The Morgan fingerprint density at radius 3 is 1.61 bits per heavy atom. The van der Waals surface area contributed by atoms with Crippen molar-refractivity contribution in [1.29, 1.82) is 0 Å². The van der Waals surface area contributed by atoms with E-state index in [0.29, 0.717) is 6.42 Å². The van der Waals surface area contributed by atoms with E-state index in [9.17, 15) is 18.9 Å². The van der Waals surface area contributed by atoms with Gasteiger partial charge in [-0.25, -0.2) is 4.57 Å². The summed E-state index contributed by atoms with van der Waals surface area (Å²) in [6.45, 7) is 5.82. The minimum absolute atomic E-state index is 0.0215. The second-order valence-electron chi connectivity index (χ2n) is 15.9. The Kier molecular flexibility index (Phi) is 38.8. The first-order valence-electron chi connectivity index (χ1n) is 22.7. The van der Waals surface area contributed by atoms with Crippen molar-refractivity contribution in [3.8, 4) is 0 Å². The number of rotatable bonds is 41. The number of carbonyl (C=O) groups excluding carboxylic acids is 3. The standard InChI is InChI=1S/C47H83O9P/c1-4-5-6-7-8-9-10-17-21-24-27-30-33-37-44(48)38-35-40-46(49)54-41-45(42-55-57(51,52)53)56-47(50)39-34-31-28-25-22-19-16-14-12-11-13-15-18-20-23-26-29-32-36-43(2)3/h8-9,17,21,27,30,33,37,43,45H,4-7,10-16,18-20,22-26,28-29,31-32,34-36,38-42H2,1-3H3,(H2,51,52,53)/b9-8-,21-17-,30-27-,37-33+/t45-/m1/s1. The van der Waals surface area contributed by atoms with Crippen LogP contribution in [0.25, 0.3) is 0 Å². The molecule has 0 saturated carbocycles. The number of phosphoric acid groups is 1. The van der Waals surface area contributed by atoms with Gasteiger partial charge in [0.25, 0.3) is 0 Å². The third-order valence-corrected chi connectivity index (χ3v) is 10.2. The Morgan fingerprint density at radius 1 is 0.561 bits per heavy atom. The molecule has 0 spiro atoms. The Balaban J connectivity index is 4.02. The van der Waals surface area contributed by atoms with Gasteiger partial charge >= 0.3 is 19.8 Å². The van der Waals surface area contributed by atoms with E-state index in [1.54, 1.807) is 6.08 Å². The third-order valence-electron chi connectivity index (χ3n) is 9.75. The lowest BCUT2D eigenvalue weighted by molar-refractivity contribution is -0.161. The Hall–Kier alpha value is -2.32. The number of hydrogen-bond acceptors (Lipinski definition) is 7. The summed E-state index contributed by atoms with van der Waals surface area (Å²) in [5.41, 5.74) is 0. The van der Waals surface area contributed by atoms with Crippen LogP contribution in [0.3, 0.4) is 0 Å². The number of allylic oxidation sites excluding steroid dienone is 8. The predicted molar refractivity (Wildman–Crippen MR) is 235 cm³/mol. The monoisotopic (exact) mass is 823 g/mol. The molecule has 0 aromatic heterocycles. The van der Waals surface area contributed by atoms with Gasteiger partial charge in [-0.3, -0.25) is 18.9 Å². The maximum absolute atomic E-state index is 12.4. The van der Waals surface area contributed by atoms with Crippen LogP contribution in [-0.2, 0) is 32.9 Å². The number of hydrogen-bond donors (Lipinski definition) is 2. The highest BCUT2D eigenvalue weighted by Gasteiger charge is 2.23. The fourth-order valence-corrected chi connectivity index (χ4v) is 6.70. The zero-order valence-corrected chi connectivity index (χ0v) is 37.3. The smallest absolute Gasteiger partial charge is 0.462 e. The van der Waals surface area contributed by atoms with Gasteiger partial charge in [0, 0.05) is 19.3 Å². The SMILES string of the molecule is CCCCC/C=C\C/C=C\C/C=C\C=C\C(=O)CCCC(=O)OC[C@H](COP(=O)(O)O)OC(=O)CCCCCCCCCCCCCCCCCCCCC(C)C. The van der Waals surface area contributed by atoms with Crippen molar-refractivity contribution in [1.82, 2.24) is 0 Å². The molecule has 0 aliphatic carbocycles. The lowest BCUT2D eigenvalue weighted by atomic mass is 10.0. The number of unbranched alkanes of at least 4 members (excludes halogenated alkanes) is 20. The fourth-order valence-electron chi connectivity index (χ4n) is 6.34. The quantitative estimate of drug-likeness (QED) is 0.0154. The molecule has 330 valence electrons. The summed E-state index contributed by atoms with van der Waals surface area (Å²) in [6, 6.07) is 0. The molecule has 57 heavy (non-hydrogen) atoms. The molecule has 0 rings (SSSR count).